The molecular formula is C25H21F2N3O2. The largest absolute Gasteiger partial charge is 0.397 e. The van der Waals surface area contributed by atoms with Gasteiger partial charge in [0.05, 0.1) is 11.4 Å². The van der Waals surface area contributed by atoms with Crippen molar-refractivity contribution >= 4 is 34.8 Å². The maximum absolute atomic E-state index is 13.3. The Hall–Kier alpha value is -4.00. The van der Waals surface area contributed by atoms with Crippen molar-refractivity contribution in [1.82, 2.24) is 5.32 Å². The normalized spacial score (nSPS) is 13.5. The highest BCUT2D eigenvalue weighted by Gasteiger charge is 2.25. The summed E-state index contributed by atoms with van der Waals surface area (Å²) in [4.78, 5) is 25.2. The molecule has 0 radical (unpaired) electrons. The van der Waals surface area contributed by atoms with Crippen LogP contribution in [0.1, 0.15) is 34.3 Å². The zero-order valence-corrected chi connectivity index (χ0v) is 17.1. The highest BCUT2D eigenvalue weighted by atomic mass is 19.1. The van der Waals surface area contributed by atoms with Gasteiger partial charge >= 0.3 is 0 Å². The predicted molar refractivity (Wildman–Crippen MR) is 121 cm³/mol. The Morgan fingerprint density at radius 3 is 2.12 bits per heavy atom. The molecule has 1 aliphatic rings. The van der Waals surface area contributed by atoms with E-state index in [9.17, 15) is 18.4 Å². The van der Waals surface area contributed by atoms with Crippen molar-refractivity contribution in [2.75, 3.05) is 11.1 Å². The molecule has 3 aromatic carbocycles. The molecule has 1 aliphatic carbocycles. The van der Waals surface area contributed by atoms with E-state index >= 15 is 0 Å². The molecule has 0 bridgehead atoms. The zero-order chi connectivity index (χ0) is 22.7. The number of rotatable bonds is 6. The molecule has 0 heterocycles. The molecule has 0 spiro atoms. The molecule has 4 rings (SSSR count). The maximum Gasteiger partial charge on any atom is 0.255 e. The minimum atomic E-state index is -0.487. The van der Waals surface area contributed by atoms with Gasteiger partial charge in [0.1, 0.15) is 11.6 Å². The minimum absolute atomic E-state index is 0.128. The van der Waals surface area contributed by atoms with Crippen LogP contribution in [0, 0.1) is 11.6 Å². The smallest absolute Gasteiger partial charge is 0.255 e. The molecule has 4 N–H and O–H groups in total. The van der Waals surface area contributed by atoms with Gasteiger partial charge < -0.3 is 16.4 Å². The van der Waals surface area contributed by atoms with E-state index in [0.29, 0.717) is 28.0 Å². The Morgan fingerprint density at radius 2 is 1.50 bits per heavy atom. The van der Waals surface area contributed by atoms with Crippen LogP contribution in [0.4, 0.5) is 20.2 Å². The van der Waals surface area contributed by atoms with E-state index in [2.05, 4.69) is 10.6 Å². The number of carbonyl (C=O) groups is 2. The van der Waals surface area contributed by atoms with Crippen LogP contribution in [0.25, 0.3) is 11.6 Å². The number of hydrogen-bond donors (Lipinski definition) is 3. The number of carbonyl (C=O) groups excluding carboxylic acids is 2. The van der Waals surface area contributed by atoms with Crippen molar-refractivity contribution < 1.29 is 18.4 Å². The van der Waals surface area contributed by atoms with Crippen LogP contribution in [0.2, 0.25) is 0 Å². The first-order valence-corrected chi connectivity index (χ1v) is 10.1. The predicted octanol–water partition coefficient (Wildman–Crippen LogP) is 4.62. The van der Waals surface area contributed by atoms with Crippen LogP contribution in [0.5, 0.6) is 0 Å². The maximum atomic E-state index is 13.3. The molecule has 1 fully saturated rings. The van der Waals surface area contributed by atoms with E-state index in [0.717, 1.165) is 18.9 Å². The van der Waals surface area contributed by atoms with Crippen molar-refractivity contribution in [3.05, 3.63) is 95.1 Å². The van der Waals surface area contributed by atoms with E-state index in [1.54, 1.807) is 42.5 Å². The molecule has 2 amide bonds. The van der Waals surface area contributed by atoms with E-state index in [-0.39, 0.29) is 23.5 Å². The molecule has 3 aromatic rings. The van der Waals surface area contributed by atoms with Gasteiger partial charge in [-0.15, -0.1) is 0 Å². The van der Waals surface area contributed by atoms with Crippen molar-refractivity contribution in [1.29, 1.82) is 0 Å². The first-order valence-electron chi connectivity index (χ1n) is 10.1. The summed E-state index contributed by atoms with van der Waals surface area (Å²) < 4.78 is 26.5. The molecule has 5 nitrogen and oxygen atoms in total. The van der Waals surface area contributed by atoms with Gasteiger partial charge in [0.25, 0.3) is 11.8 Å². The lowest BCUT2D eigenvalue weighted by Crippen LogP contribution is -2.26. The summed E-state index contributed by atoms with van der Waals surface area (Å²) in [6, 6.07) is 16.3. The third-order valence-electron chi connectivity index (χ3n) is 5.06. The van der Waals surface area contributed by atoms with E-state index < -0.39 is 11.7 Å². The lowest BCUT2D eigenvalue weighted by Gasteiger charge is -2.10. The summed E-state index contributed by atoms with van der Waals surface area (Å²) in [5.41, 5.74) is 8.26. The lowest BCUT2D eigenvalue weighted by atomic mass is 10.0. The molecule has 162 valence electrons. The Labute approximate surface area is 183 Å². The minimum Gasteiger partial charge on any atom is -0.397 e. The number of hydrogen-bond acceptors (Lipinski definition) is 3. The topological polar surface area (TPSA) is 84.2 Å². The van der Waals surface area contributed by atoms with Crippen molar-refractivity contribution in [2.45, 2.75) is 18.9 Å². The van der Waals surface area contributed by atoms with Crippen molar-refractivity contribution in [3.63, 3.8) is 0 Å². The molecule has 0 aromatic heterocycles. The Balaban J connectivity index is 1.55. The number of nitrogen functional groups attached to an aromatic ring is 1. The summed E-state index contributed by atoms with van der Waals surface area (Å²) >= 11 is 0. The van der Waals surface area contributed by atoms with E-state index in [4.69, 9.17) is 5.73 Å². The van der Waals surface area contributed by atoms with Gasteiger partial charge in [-0.1, -0.05) is 24.3 Å². The third kappa shape index (κ3) is 5.18. The number of benzene rings is 3. The first kappa shape index (κ1) is 21.2. The summed E-state index contributed by atoms with van der Waals surface area (Å²) in [7, 11) is 0. The lowest BCUT2D eigenvalue weighted by molar-refractivity contribution is -0.115. The number of anilines is 2. The van der Waals surface area contributed by atoms with Gasteiger partial charge in [-0.2, -0.15) is 0 Å². The van der Waals surface area contributed by atoms with Crippen molar-refractivity contribution in [3.8, 4) is 0 Å². The fourth-order valence-corrected chi connectivity index (χ4v) is 3.14. The zero-order valence-electron chi connectivity index (χ0n) is 17.1. The quantitative estimate of drug-likeness (QED) is 0.301. The average Bonchev–Trinajstić information content (AvgIpc) is 3.59. The number of halogens is 2. The van der Waals surface area contributed by atoms with Gasteiger partial charge in [-0.25, -0.2) is 8.78 Å². The Bertz CT molecular complexity index is 1180. The standard InChI is InChI=1S/C25H21F2N3O2/c26-18-7-5-16(6-8-18)21(25(32)29-20-10-11-20)13-15-1-3-17(4-2-15)24(31)30-23-12-9-19(27)14-22(23)28/h1-9,12-14,20H,10-11,28H2,(H,29,32)(H,30,31)/b21-13-. The monoisotopic (exact) mass is 433 g/mol. The molecule has 0 unspecified atom stereocenters. The van der Waals surface area contributed by atoms with Crippen LogP contribution in [0.15, 0.2) is 66.7 Å². The second-order valence-electron chi connectivity index (χ2n) is 7.62. The van der Waals surface area contributed by atoms with Crippen LogP contribution >= 0.6 is 0 Å². The third-order valence-corrected chi connectivity index (χ3v) is 5.06. The first-order chi connectivity index (χ1) is 15.4. The van der Waals surface area contributed by atoms with Gasteiger partial charge in [-0.05, 0) is 72.5 Å². The van der Waals surface area contributed by atoms with Crippen molar-refractivity contribution in [2.24, 2.45) is 0 Å². The fourth-order valence-electron chi connectivity index (χ4n) is 3.14. The van der Waals surface area contributed by atoms with Gasteiger partial charge in [-0.3, -0.25) is 9.59 Å². The fraction of sp³-hybridized carbons (Fsp3) is 0.120. The van der Waals surface area contributed by atoms with E-state index in [1.807, 2.05) is 0 Å². The van der Waals surface area contributed by atoms with Crippen LogP contribution in [-0.2, 0) is 4.79 Å². The Kier molecular flexibility index (Phi) is 5.98. The summed E-state index contributed by atoms with van der Waals surface area (Å²) in [5.74, 6) is -1.50. The molecule has 1 saturated carbocycles. The summed E-state index contributed by atoms with van der Waals surface area (Å²) in [5, 5.41) is 5.60. The molecule has 0 saturated heterocycles. The van der Waals surface area contributed by atoms with Gasteiger partial charge in [0.2, 0.25) is 0 Å². The van der Waals surface area contributed by atoms with E-state index in [1.165, 1.54) is 24.3 Å². The summed E-state index contributed by atoms with van der Waals surface area (Å²) in [6.07, 6.45) is 3.60. The Morgan fingerprint density at radius 1 is 0.875 bits per heavy atom. The highest BCUT2D eigenvalue weighted by molar-refractivity contribution is 6.24. The van der Waals surface area contributed by atoms with Crippen LogP contribution in [-0.4, -0.2) is 17.9 Å². The second-order valence-corrected chi connectivity index (χ2v) is 7.62. The molecule has 0 aliphatic heterocycles. The molecule has 0 atom stereocenters. The SMILES string of the molecule is Nc1cc(F)ccc1NC(=O)c1ccc(/C=C(\C(=O)NC2CC2)c2ccc(F)cc2)cc1. The summed E-state index contributed by atoms with van der Waals surface area (Å²) in [6.45, 7) is 0. The molecule has 7 heteroatoms. The number of nitrogens with one attached hydrogen (secondary N) is 2. The van der Waals surface area contributed by atoms with Gasteiger partial charge in [0.15, 0.2) is 0 Å². The second kappa shape index (κ2) is 9.01. The number of amides is 2. The molecule has 32 heavy (non-hydrogen) atoms. The average molecular weight is 433 g/mol. The van der Waals surface area contributed by atoms with Crippen LogP contribution in [0.3, 0.4) is 0 Å². The highest BCUT2D eigenvalue weighted by Crippen LogP contribution is 2.24. The molecular weight excluding hydrogens is 412 g/mol. The van der Waals surface area contributed by atoms with Gasteiger partial charge in [0, 0.05) is 17.2 Å². The number of nitrogens with two attached hydrogens (primary N) is 1. The van der Waals surface area contributed by atoms with Crippen LogP contribution < -0.4 is 16.4 Å².